The van der Waals surface area contributed by atoms with Crippen LogP contribution in [-0.2, 0) is 6.42 Å². The average molecular weight is 299 g/mol. The van der Waals surface area contributed by atoms with Gasteiger partial charge in [0.05, 0.1) is 0 Å². The molecule has 1 rings (SSSR count). The van der Waals surface area contributed by atoms with Crippen LogP contribution in [0.3, 0.4) is 0 Å². The van der Waals surface area contributed by atoms with E-state index in [2.05, 4.69) is 0 Å². The van der Waals surface area contributed by atoms with Crippen LogP contribution in [0.4, 0.5) is 14.5 Å². The van der Waals surface area contributed by atoms with E-state index in [1.165, 1.54) is 12.1 Å². The fourth-order valence-corrected chi connectivity index (χ4v) is 2.29. The van der Waals surface area contributed by atoms with Crippen molar-refractivity contribution in [3.63, 3.8) is 0 Å². The van der Waals surface area contributed by atoms with E-state index in [0.29, 0.717) is 37.5 Å². The summed E-state index contributed by atoms with van der Waals surface area (Å²) in [5, 5.41) is 0. The van der Waals surface area contributed by atoms with Gasteiger partial charge in [-0.3, -0.25) is 0 Å². The number of anilines is 1. The Labute approximate surface area is 126 Å². The van der Waals surface area contributed by atoms with Crippen molar-refractivity contribution < 1.29 is 8.78 Å². The average Bonchev–Trinajstić information content (AvgIpc) is 2.34. The van der Waals surface area contributed by atoms with Crippen LogP contribution in [0.1, 0.15) is 19.4 Å². The topological polar surface area (TPSA) is 32.5 Å². The Morgan fingerprint density at radius 2 is 1.67 bits per heavy atom. The first-order valence-electron chi connectivity index (χ1n) is 7.42. The molecule has 0 aliphatic carbocycles. The molecule has 21 heavy (non-hydrogen) atoms. The maximum absolute atomic E-state index is 14.3. The van der Waals surface area contributed by atoms with Gasteiger partial charge in [0.25, 0.3) is 0 Å². The van der Waals surface area contributed by atoms with Crippen molar-refractivity contribution in [2.75, 3.05) is 45.2 Å². The Bertz CT molecular complexity index is 424. The van der Waals surface area contributed by atoms with Gasteiger partial charge in [-0.25, -0.2) is 8.78 Å². The highest BCUT2D eigenvalue weighted by Gasteiger charge is 2.19. The molecule has 3 nitrogen and oxygen atoms in total. The van der Waals surface area contributed by atoms with Gasteiger partial charge >= 0.3 is 0 Å². The lowest BCUT2D eigenvalue weighted by Gasteiger charge is -2.29. The first-order chi connectivity index (χ1) is 9.85. The highest BCUT2D eigenvalue weighted by Crippen LogP contribution is 2.26. The van der Waals surface area contributed by atoms with Crippen LogP contribution in [0.15, 0.2) is 12.1 Å². The van der Waals surface area contributed by atoms with Crippen LogP contribution < -0.4 is 10.6 Å². The molecule has 0 aromatic heterocycles. The van der Waals surface area contributed by atoms with Gasteiger partial charge in [0.1, 0.15) is 17.3 Å². The largest absolute Gasteiger partial charge is 0.365 e. The molecule has 0 heterocycles. The molecule has 0 amide bonds. The van der Waals surface area contributed by atoms with Crippen LogP contribution in [0.25, 0.3) is 0 Å². The number of rotatable bonds is 8. The lowest BCUT2D eigenvalue weighted by atomic mass is 10.1. The number of benzene rings is 1. The summed E-state index contributed by atoms with van der Waals surface area (Å²) in [7, 11) is 3.90. The van der Waals surface area contributed by atoms with E-state index in [1.54, 1.807) is 4.90 Å². The molecule has 0 unspecified atom stereocenters. The zero-order valence-electron chi connectivity index (χ0n) is 13.5. The van der Waals surface area contributed by atoms with Gasteiger partial charge in [0.15, 0.2) is 0 Å². The smallest absolute Gasteiger partial charge is 0.149 e. The van der Waals surface area contributed by atoms with Gasteiger partial charge in [-0.15, -0.1) is 0 Å². The van der Waals surface area contributed by atoms with E-state index in [1.807, 2.05) is 32.8 Å². The summed E-state index contributed by atoms with van der Waals surface area (Å²) < 4.78 is 28.6. The number of hydrogen-bond donors (Lipinski definition) is 1. The summed E-state index contributed by atoms with van der Waals surface area (Å²) >= 11 is 0. The molecular weight excluding hydrogens is 272 g/mol. The summed E-state index contributed by atoms with van der Waals surface area (Å²) in [6.45, 7) is 6.43. The Hall–Kier alpha value is -1.20. The molecule has 1 aromatic carbocycles. The van der Waals surface area contributed by atoms with Crippen LogP contribution in [0, 0.1) is 17.6 Å². The Morgan fingerprint density at radius 3 is 2.10 bits per heavy atom. The monoisotopic (exact) mass is 299 g/mol. The van der Waals surface area contributed by atoms with Crippen LogP contribution in [0.5, 0.6) is 0 Å². The quantitative estimate of drug-likeness (QED) is 0.800. The van der Waals surface area contributed by atoms with Gasteiger partial charge in [0.2, 0.25) is 0 Å². The predicted molar refractivity (Wildman–Crippen MR) is 84.7 cm³/mol. The normalized spacial score (nSPS) is 11.5. The lowest BCUT2D eigenvalue weighted by Crippen LogP contribution is -2.35. The van der Waals surface area contributed by atoms with Crippen molar-refractivity contribution in [1.82, 2.24) is 4.90 Å². The minimum absolute atomic E-state index is 0.0753. The molecule has 0 saturated heterocycles. The van der Waals surface area contributed by atoms with Crippen molar-refractivity contribution in [1.29, 1.82) is 0 Å². The maximum atomic E-state index is 14.3. The fraction of sp³-hybridized carbons (Fsp3) is 0.625. The molecule has 0 aliphatic heterocycles. The number of halogens is 2. The van der Waals surface area contributed by atoms with Crippen LogP contribution in [0.2, 0.25) is 0 Å². The third-order valence-corrected chi connectivity index (χ3v) is 3.23. The molecule has 2 N–H and O–H groups in total. The van der Waals surface area contributed by atoms with E-state index in [9.17, 15) is 8.78 Å². The summed E-state index contributed by atoms with van der Waals surface area (Å²) in [6.07, 6.45) is 0.482. The highest BCUT2D eigenvalue weighted by atomic mass is 19.1. The van der Waals surface area contributed by atoms with Crippen molar-refractivity contribution in [3.8, 4) is 0 Å². The molecule has 1 aromatic rings. The zero-order chi connectivity index (χ0) is 16.0. The molecule has 5 heteroatoms. The van der Waals surface area contributed by atoms with Crippen molar-refractivity contribution in [2.45, 2.75) is 20.3 Å². The molecule has 120 valence electrons. The van der Waals surface area contributed by atoms with E-state index < -0.39 is 11.6 Å². The minimum Gasteiger partial charge on any atom is -0.365 e. The van der Waals surface area contributed by atoms with E-state index in [0.717, 1.165) is 6.54 Å². The minimum atomic E-state index is -0.502. The Balaban J connectivity index is 3.05. The Morgan fingerprint density at radius 1 is 1.10 bits per heavy atom. The number of hydrogen-bond acceptors (Lipinski definition) is 3. The van der Waals surface area contributed by atoms with Gasteiger partial charge in [-0.2, -0.15) is 0 Å². The summed E-state index contributed by atoms with van der Waals surface area (Å²) in [4.78, 5) is 3.80. The summed E-state index contributed by atoms with van der Waals surface area (Å²) in [5.74, 6) is -0.676. The fourth-order valence-electron chi connectivity index (χ4n) is 2.29. The van der Waals surface area contributed by atoms with Crippen molar-refractivity contribution >= 4 is 5.69 Å². The van der Waals surface area contributed by atoms with Crippen molar-refractivity contribution in [3.05, 3.63) is 29.3 Å². The SMILES string of the molecule is CC(C)CN(CCN(C)C)c1c(F)cc(CCN)cc1F. The van der Waals surface area contributed by atoms with E-state index >= 15 is 0 Å². The summed E-state index contributed by atoms with van der Waals surface area (Å²) in [6, 6.07) is 2.79. The lowest BCUT2D eigenvalue weighted by molar-refractivity contribution is 0.406. The van der Waals surface area contributed by atoms with Gasteiger partial charge in [0, 0.05) is 19.6 Å². The standard InChI is InChI=1S/C16H27F2N3/c1-12(2)11-21(8-7-20(3)4)16-14(17)9-13(5-6-19)10-15(16)18/h9-10,12H,5-8,11,19H2,1-4H3. The van der Waals surface area contributed by atoms with Crippen LogP contribution in [-0.4, -0.2) is 45.2 Å². The van der Waals surface area contributed by atoms with Gasteiger partial charge in [-0.1, -0.05) is 13.8 Å². The van der Waals surface area contributed by atoms with E-state index in [-0.39, 0.29) is 5.69 Å². The van der Waals surface area contributed by atoms with E-state index in [4.69, 9.17) is 5.73 Å². The number of likely N-dealkylation sites (N-methyl/N-ethyl adjacent to an activating group) is 1. The molecule has 0 bridgehead atoms. The first kappa shape index (κ1) is 17.9. The second-order valence-corrected chi connectivity index (χ2v) is 6.09. The highest BCUT2D eigenvalue weighted by molar-refractivity contribution is 5.51. The zero-order valence-corrected chi connectivity index (χ0v) is 13.5. The Kier molecular flexibility index (Phi) is 7.05. The summed E-state index contributed by atoms with van der Waals surface area (Å²) in [5.41, 5.74) is 6.12. The molecule has 0 radical (unpaired) electrons. The third-order valence-electron chi connectivity index (χ3n) is 3.23. The molecule has 0 atom stereocenters. The third kappa shape index (κ3) is 5.59. The van der Waals surface area contributed by atoms with Gasteiger partial charge < -0.3 is 15.5 Å². The molecule has 0 fully saturated rings. The van der Waals surface area contributed by atoms with Gasteiger partial charge in [-0.05, 0) is 50.7 Å². The maximum Gasteiger partial charge on any atom is 0.149 e. The predicted octanol–water partition coefficient (Wildman–Crippen LogP) is 2.49. The second kappa shape index (κ2) is 8.29. The molecule has 0 saturated carbocycles. The molecule has 0 aliphatic rings. The molecular formula is C16H27F2N3. The number of nitrogens with zero attached hydrogens (tertiary/aromatic N) is 2. The molecule has 0 spiro atoms. The number of nitrogens with two attached hydrogens (primary N) is 1. The van der Waals surface area contributed by atoms with Crippen LogP contribution >= 0.6 is 0 Å². The van der Waals surface area contributed by atoms with Crippen molar-refractivity contribution in [2.24, 2.45) is 11.7 Å². The first-order valence-corrected chi connectivity index (χ1v) is 7.42. The second-order valence-electron chi connectivity index (χ2n) is 6.09.